The van der Waals surface area contributed by atoms with Crippen LogP contribution in [0.1, 0.15) is 29.9 Å². The predicted octanol–water partition coefficient (Wildman–Crippen LogP) is 4.22. The van der Waals surface area contributed by atoms with Gasteiger partial charge in [0, 0.05) is 22.8 Å². The summed E-state index contributed by atoms with van der Waals surface area (Å²) in [7, 11) is 0. The van der Waals surface area contributed by atoms with Crippen molar-refractivity contribution in [1.82, 2.24) is 19.7 Å². The number of hydrogen-bond acceptors (Lipinski definition) is 3. The van der Waals surface area contributed by atoms with Crippen molar-refractivity contribution in [1.29, 1.82) is 0 Å². The summed E-state index contributed by atoms with van der Waals surface area (Å²) in [6.07, 6.45) is -1.25. The Morgan fingerprint density at radius 1 is 1.27 bits per heavy atom. The van der Waals surface area contributed by atoms with Crippen molar-refractivity contribution in [2.24, 2.45) is 0 Å². The minimum absolute atomic E-state index is 0.00880. The van der Waals surface area contributed by atoms with E-state index < -0.39 is 17.8 Å². The highest BCUT2D eigenvalue weighted by Gasteiger charge is 2.31. The average molecular weight is 383 g/mol. The SMILES string of the molecule is Cc1nc(-c2cnn([C@@H](C)c3ccc(C(F)(F)F)cc3Cl)c2)cc(=O)[nH]1. The molecule has 26 heavy (non-hydrogen) atoms. The maximum Gasteiger partial charge on any atom is 0.416 e. The Hall–Kier alpha value is -2.61. The first-order valence-corrected chi connectivity index (χ1v) is 8.02. The number of nitrogens with zero attached hydrogens (tertiary/aromatic N) is 3. The molecule has 0 unspecified atom stereocenters. The fourth-order valence-corrected chi connectivity index (χ4v) is 2.93. The molecule has 9 heteroatoms. The van der Waals surface area contributed by atoms with Gasteiger partial charge in [-0.05, 0) is 31.5 Å². The van der Waals surface area contributed by atoms with Crippen molar-refractivity contribution >= 4 is 11.6 Å². The number of hydrogen-bond donors (Lipinski definition) is 1. The second-order valence-corrected chi connectivity index (χ2v) is 6.24. The van der Waals surface area contributed by atoms with Gasteiger partial charge < -0.3 is 4.98 Å². The maximum absolute atomic E-state index is 12.8. The molecule has 5 nitrogen and oxygen atoms in total. The lowest BCUT2D eigenvalue weighted by molar-refractivity contribution is -0.137. The van der Waals surface area contributed by atoms with Crippen LogP contribution in [0.15, 0.2) is 41.5 Å². The molecule has 0 saturated carbocycles. The van der Waals surface area contributed by atoms with Crippen molar-refractivity contribution in [3.8, 4) is 11.3 Å². The van der Waals surface area contributed by atoms with Gasteiger partial charge in [0.2, 0.25) is 0 Å². The van der Waals surface area contributed by atoms with Crippen LogP contribution in [0.5, 0.6) is 0 Å². The summed E-state index contributed by atoms with van der Waals surface area (Å²) in [5.41, 5.74) is 0.503. The molecule has 0 saturated heterocycles. The second kappa shape index (κ2) is 6.60. The third-order valence-corrected chi connectivity index (χ3v) is 4.26. The van der Waals surface area contributed by atoms with Crippen molar-refractivity contribution in [3.63, 3.8) is 0 Å². The van der Waals surface area contributed by atoms with E-state index in [4.69, 9.17) is 11.6 Å². The number of benzene rings is 1. The van der Waals surface area contributed by atoms with E-state index in [-0.39, 0.29) is 10.6 Å². The molecule has 0 amide bonds. The lowest BCUT2D eigenvalue weighted by Gasteiger charge is -2.16. The molecule has 0 radical (unpaired) electrons. The van der Waals surface area contributed by atoms with Crippen LogP contribution >= 0.6 is 11.6 Å². The van der Waals surface area contributed by atoms with Gasteiger partial charge >= 0.3 is 6.18 Å². The third-order valence-electron chi connectivity index (χ3n) is 3.93. The summed E-state index contributed by atoms with van der Waals surface area (Å²) in [6.45, 7) is 3.43. The molecule has 2 heterocycles. The third kappa shape index (κ3) is 3.65. The normalized spacial score (nSPS) is 13.0. The van der Waals surface area contributed by atoms with Crippen LogP contribution < -0.4 is 5.56 Å². The van der Waals surface area contributed by atoms with Crippen LogP contribution in [-0.4, -0.2) is 19.7 Å². The standard InChI is InChI=1S/C17H14ClF3N4O/c1-9(13-4-3-12(5-14(13)18)17(19,20)21)25-8-11(7-22-25)15-6-16(26)24-10(2)23-15/h3-9H,1-2H3,(H,23,24,26)/t9-/m0/s1. The lowest BCUT2D eigenvalue weighted by Crippen LogP contribution is -2.10. The summed E-state index contributed by atoms with van der Waals surface area (Å²) in [5, 5.41) is 4.23. The molecule has 0 spiro atoms. The zero-order valence-corrected chi connectivity index (χ0v) is 14.6. The molecule has 1 aromatic carbocycles. The molecule has 0 aliphatic rings. The molecule has 0 aliphatic heterocycles. The molecule has 0 bridgehead atoms. The van der Waals surface area contributed by atoms with Gasteiger partial charge in [-0.2, -0.15) is 18.3 Å². The Bertz CT molecular complexity index is 1010. The van der Waals surface area contributed by atoms with Crippen LogP contribution in [0.2, 0.25) is 5.02 Å². The van der Waals surface area contributed by atoms with Gasteiger partial charge in [-0.15, -0.1) is 0 Å². The maximum atomic E-state index is 12.8. The second-order valence-electron chi connectivity index (χ2n) is 5.84. The van der Waals surface area contributed by atoms with Gasteiger partial charge in [0.1, 0.15) is 5.82 Å². The van der Waals surface area contributed by atoms with Gasteiger partial charge in [-0.3, -0.25) is 9.48 Å². The topological polar surface area (TPSA) is 63.6 Å². The molecule has 0 fully saturated rings. The van der Waals surface area contributed by atoms with E-state index in [1.807, 2.05) is 0 Å². The summed E-state index contributed by atoms with van der Waals surface area (Å²) in [6, 6.07) is 4.18. The van der Waals surface area contributed by atoms with E-state index >= 15 is 0 Å². The smallest absolute Gasteiger partial charge is 0.311 e. The van der Waals surface area contributed by atoms with Gasteiger partial charge in [-0.1, -0.05) is 17.7 Å². The minimum Gasteiger partial charge on any atom is -0.311 e. The van der Waals surface area contributed by atoms with Crippen LogP contribution in [0.3, 0.4) is 0 Å². The molecule has 2 aromatic heterocycles. The van der Waals surface area contributed by atoms with Gasteiger partial charge in [0.15, 0.2) is 0 Å². The molecule has 1 N–H and O–H groups in total. The summed E-state index contributed by atoms with van der Waals surface area (Å²) in [4.78, 5) is 18.4. The van der Waals surface area contributed by atoms with Crippen molar-refractivity contribution in [2.75, 3.05) is 0 Å². The first-order valence-electron chi connectivity index (χ1n) is 7.64. The monoisotopic (exact) mass is 382 g/mol. The van der Waals surface area contributed by atoms with Crippen LogP contribution in [-0.2, 0) is 6.18 Å². The summed E-state index contributed by atoms with van der Waals surface area (Å²) >= 11 is 6.05. The Morgan fingerprint density at radius 3 is 2.62 bits per heavy atom. The van der Waals surface area contributed by atoms with E-state index in [2.05, 4.69) is 15.1 Å². The summed E-state index contributed by atoms with van der Waals surface area (Å²) in [5.74, 6) is 0.471. The highest BCUT2D eigenvalue weighted by atomic mass is 35.5. The number of halogens is 4. The van der Waals surface area contributed by atoms with E-state index in [9.17, 15) is 18.0 Å². The Balaban J connectivity index is 1.93. The van der Waals surface area contributed by atoms with Gasteiger partial charge in [0.05, 0.1) is 23.5 Å². The molecule has 0 aliphatic carbocycles. The fourth-order valence-electron chi connectivity index (χ4n) is 2.59. The molecular weight excluding hydrogens is 369 g/mol. The van der Waals surface area contributed by atoms with Gasteiger partial charge in [0.25, 0.3) is 5.56 Å². The van der Waals surface area contributed by atoms with Gasteiger partial charge in [-0.25, -0.2) is 4.98 Å². The molecular formula is C17H14ClF3N4O. The number of nitrogens with one attached hydrogen (secondary N) is 1. The quantitative estimate of drug-likeness (QED) is 0.737. The number of alkyl halides is 3. The number of aromatic nitrogens is 4. The zero-order chi connectivity index (χ0) is 19.1. The Kier molecular flexibility index (Phi) is 4.62. The number of H-pyrrole nitrogens is 1. The molecule has 3 rings (SSSR count). The molecule has 3 aromatic rings. The van der Waals surface area contributed by atoms with Crippen molar-refractivity contribution in [3.05, 3.63) is 69.0 Å². The first kappa shape index (κ1) is 18.2. The fraction of sp³-hybridized carbons (Fsp3) is 0.235. The number of rotatable bonds is 3. The number of aryl methyl sites for hydroxylation is 1. The summed E-state index contributed by atoms with van der Waals surface area (Å²) < 4.78 is 39.9. The Labute approximate surface area is 151 Å². The highest BCUT2D eigenvalue weighted by Crippen LogP contribution is 2.34. The van der Waals surface area contributed by atoms with Crippen LogP contribution in [0.25, 0.3) is 11.3 Å². The molecule has 1 atom stereocenters. The van der Waals surface area contributed by atoms with Crippen molar-refractivity contribution < 1.29 is 13.2 Å². The average Bonchev–Trinajstić information content (AvgIpc) is 3.02. The minimum atomic E-state index is -4.45. The highest BCUT2D eigenvalue weighted by molar-refractivity contribution is 6.31. The van der Waals surface area contributed by atoms with E-state index in [0.29, 0.717) is 22.6 Å². The zero-order valence-electron chi connectivity index (χ0n) is 13.8. The molecule has 136 valence electrons. The van der Waals surface area contributed by atoms with E-state index in [1.165, 1.54) is 18.3 Å². The largest absolute Gasteiger partial charge is 0.416 e. The lowest BCUT2D eigenvalue weighted by atomic mass is 10.1. The first-order chi connectivity index (χ1) is 12.1. The van der Waals surface area contributed by atoms with E-state index in [0.717, 1.165) is 12.1 Å². The van der Waals surface area contributed by atoms with Crippen LogP contribution in [0, 0.1) is 6.92 Å². The predicted molar refractivity (Wildman–Crippen MR) is 91.1 cm³/mol. The number of aromatic amines is 1. The van der Waals surface area contributed by atoms with E-state index in [1.54, 1.807) is 24.7 Å². The van der Waals surface area contributed by atoms with Crippen LogP contribution in [0.4, 0.5) is 13.2 Å². The van der Waals surface area contributed by atoms with Crippen molar-refractivity contribution in [2.45, 2.75) is 26.1 Å². The Morgan fingerprint density at radius 2 is 2.00 bits per heavy atom.